The normalized spacial score (nSPS) is 18.9. The molecule has 1 fully saturated rings. The molecule has 6 heteroatoms. The number of carbonyl (C=O) groups is 2. The lowest BCUT2D eigenvalue weighted by atomic mass is 10.1. The summed E-state index contributed by atoms with van der Waals surface area (Å²) in [5.74, 6) is -0.276. The van der Waals surface area contributed by atoms with Gasteiger partial charge in [-0.05, 0) is 6.42 Å². The third kappa shape index (κ3) is 3.13. The smallest absolute Gasteiger partial charge is 0.227 e. The van der Waals surface area contributed by atoms with Crippen molar-refractivity contribution in [2.24, 2.45) is 13.0 Å². The zero-order chi connectivity index (χ0) is 13.8. The zero-order valence-electron chi connectivity index (χ0n) is 11.4. The van der Waals surface area contributed by atoms with Crippen molar-refractivity contribution in [1.82, 2.24) is 15.1 Å². The second kappa shape index (κ2) is 5.86. The first-order chi connectivity index (χ1) is 9.11. The molecule has 0 aromatic carbocycles. The van der Waals surface area contributed by atoms with Crippen LogP contribution in [-0.2, 0) is 16.6 Å². The van der Waals surface area contributed by atoms with Crippen molar-refractivity contribution in [2.75, 3.05) is 18.0 Å². The van der Waals surface area contributed by atoms with E-state index in [9.17, 15) is 9.59 Å². The van der Waals surface area contributed by atoms with E-state index in [4.69, 9.17) is 0 Å². The predicted molar refractivity (Wildman–Crippen MR) is 71.6 cm³/mol. The monoisotopic (exact) mass is 264 g/mol. The van der Waals surface area contributed by atoms with Crippen molar-refractivity contribution >= 4 is 17.5 Å². The Morgan fingerprint density at radius 1 is 1.58 bits per heavy atom. The van der Waals surface area contributed by atoms with Crippen LogP contribution in [0.25, 0.3) is 0 Å². The summed E-state index contributed by atoms with van der Waals surface area (Å²) >= 11 is 0. The van der Waals surface area contributed by atoms with E-state index < -0.39 is 0 Å². The molecule has 1 aliphatic rings. The highest BCUT2D eigenvalue weighted by molar-refractivity contribution is 6.00. The Morgan fingerprint density at radius 3 is 3.00 bits per heavy atom. The maximum Gasteiger partial charge on any atom is 0.227 e. The van der Waals surface area contributed by atoms with E-state index in [-0.39, 0.29) is 24.2 Å². The molecule has 1 saturated heterocycles. The summed E-state index contributed by atoms with van der Waals surface area (Å²) in [7, 11) is 1.80. The molecule has 2 amide bonds. The Hall–Kier alpha value is -1.85. The maximum absolute atomic E-state index is 11.9. The molecular formula is C13H20N4O2. The fraction of sp³-hybridized carbons (Fsp3) is 0.615. The van der Waals surface area contributed by atoms with Gasteiger partial charge in [0.05, 0.1) is 17.8 Å². The number of amides is 2. The van der Waals surface area contributed by atoms with Gasteiger partial charge in [-0.1, -0.05) is 13.3 Å². The number of carbonyl (C=O) groups excluding carboxylic acids is 2. The predicted octanol–water partition coefficient (Wildman–Crippen LogP) is 0.689. The molecule has 0 aliphatic carbocycles. The van der Waals surface area contributed by atoms with E-state index in [1.54, 1.807) is 29.0 Å². The second-order valence-corrected chi connectivity index (χ2v) is 4.92. The average Bonchev–Trinajstić information content (AvgIpc) is 2.95. The molecule has 1 N–H and O–H groups in total. The molecular weight excluding hydrogens is 244 g/mol. The molecule has 6 nitrogen and oxygen atoms in total. The number of unbranched alkanes of at least 4 members (excludes halogenated alkanes) is 1. The third-order valence-electron chi connectivity index (χ3n) is 3.33. The number of nitrogens with one attached hydrogen (secondary N) is 1. The van der Waals surface area contributed by atoms with Gasteiger partial charge in [0.25, 0.3) is 0 Å². The van der Waals surface area contributed by atoms with Gasteiger partial charge in [0, 0.05) is 32.8 Å². The van der Waals surface area contributed by atoms with Gasteiger partial charge >= 0.3 is 0 Å². The minimum Gasteiger partial charge on any atom is -0.356 e. The van der Waals surface area contributed by atoms with Crippen molar-refractivity contribution in [1.29, 1.82) is 0 Å². The van der Waals surface area contributed by atoms with Crippen LogP contribution < -0.4 is 10.2 Å². The minimum absolute atomic E-state index is 0.0105. The summed E-state index contributed by atoms with van der Waals surface area (Å²) < 4.78 is 1.65. The van der Waals surface area contributed by atoms with E-state index in [1.165, 1.54) is 0 Å². The van der Waals surface area contributed by atoms with E-state index >= 15 is 0 Å². The maximum atomic E-state index is 11.9. The fourth-order valence-corrected chi connectivity index (χ4v) is 2.21. The Balaban J connectivity index is 1.93. The molecule has 19 heavy (non-hydrogen) atoms. The summed E-state index contributed by atoms with van der Waals surface area (Å²) in [5.41, 5.74) is 0.761. The summed E-state index contributed by atoms with van der Waals surface area (Å²) in [6, 6.07) is 0. The largest absolute Gasteiger partial charge is 0.356 e. The van der Waals surface area contributed by atoms with Gasteiger partial charge in [-0.15, -0.1) is 0 Å². The lowest BCUT2D eigenvalue weighted by Crippen LogP contribution is -2.33. The van der Waals surface area contributed by atoms with Crippen molar-refractivity contribution < 1.29 is 9.59 Å². The third-order valence-corrected chi connectivity index (χ3v) is 3.33. The van der Waals surface area contributed by atoms with E-state index in [2.05, 4.69) is 17.3 Å². The molecule has 2 heterocycles. The van der Waals surface area contributed by atoms with Gasteiger partial charge in [-0.3, -0.25) is 14.3 Å². The first-order valence-corrected chi connectivity index (χ1v) is 6.68. The molecule has 1 atom stereocenters. The highest BCUT2D eigenvalue weighted by atomic mass is 16.2. The standard InChI is InChI=1S/C13H20N4O2/c1-3-4-5-14-13(19)10-6-12(18)17(8-10)11-7-15-16(2)9-11/h7,9-10H,3-6,8H2,1-2H3,(H,14,19). The quantitative estimate of drug-likeness (QED) is 0.796. The average molecular weight is 264 g/mol. The van der Waals surface area contributed by atoms with Crippen LogP contribution in [0.15, 0.2) is 12.4 Å². The molecule has 2 rings (SSSR count). The highest BCUT2D eigenvalue weighted by Gasteiger charge is 2.35. The van der Waals surface area contributed by atoms with Crippen LogP contribution in [0.1, 0.15) is 26.2 Å². The van der Waals surface area contributed by atoms with Gasteiger partial charge in [0.1, 0.15) is 0 Å². The lowest BCUT2D eigenvalue weighted by Gasteiger charge is -2.14. The highest BCUT2D eigenvalue weighted by Crippen LogP contribution is 2.24. The SMILES string of the molecule is CCCCNC(=O)C1CC(=O)N(c2cnn(C)c2)C1. The molecule has 0 saturated carbocycles. The molecule has 0 radical (unpaired) electrons. The van der Waals surface area contributed by atoms with Crippen molar-refractivity contribution in [2.45, 2.75) is 26.2 Å². The number of hydrogen-bond donors (Lipinski definition) is 1. The number of anilines is 1. The van der Waals surface area contributed by atoms with E-state index in [0.29, 0.717) is 13.1 Å². The molecule has 1 aromatic heterocycles. The fourth-order valence-electron chi connectivity index (χ4n) is 2.21. The second-order valence-electron chi connectivity index (χ2n) is 4.92. The minimum atomic E-state index is -0.246. The number of rotatable bonds is 5. The Kier molecular flexibility index (Phi) is 4.19. The molecule has 1 aliphatic heterocycles. The number of aromatic nitrogens is 2. The van der Waals surface area contributed by atoms with E-state index in [0.717, 1.165) is 18.5 Å². The number of hydrogen-bond acceptors (Lipinski definition) is 3. The van der Waals surface area contributed by atoms with E-state index in [1.807, 2.05) is 0 Å². The van der Waals surface area contributed by atoms with Gasteiger partial charge in [0.2, 0.25) is 11.8 Å². The molecule has 0 spiro atoms. The zero-order valence-corrected chi connectivity index (χ0v) is 11.4. The van der Waals surface area contributed by atoms with Crippen LogP contribution in [0, 0.1) is 5.92 Å². The van der Waals surface area contributed by atoms with Gasteiger partial charge in [-0.2, -0.15) is 5.10 Å². The first kappa shape index (κ1) is 13.6. The number of nitrogens with zero attached hydrogens (tertiary/aromatic N) is 3. The Bertz CT molecular complexity index is 469. The molecule has 1 unspecified atom stereocenters. The molecule has 104 valence electrons. The molecule has 0 bridgehead atoms. The van der Waals surface area contributed by atoms with Crippen LogP contribution in [0.2, 0.25) is 0 Å². The number of aryl methyl sites for hydroxylation is 1. The Morgan fingerprint density at radius 2 is 2.37 bits per heavy atom. The van der Waals surface area contributed by atoms with Crippen LogP contribution in [0.4, 0.5) is 5.69 Å². The Labute approximate surface area is 112 Å². The van der Waals surface area contributed by atoms with Crippen LogP contribution >= 0.6 is 0 Å². The van der Waals surface area contributed by atoms with Gasteiger partial charge in [-0.25, -0.2) is 0 Å². The molecule has 1 aromatic rings. The summed E-state index contributed by atoms with van der Waals surface area (Å²) in [6.07, 6.45) is 5.74. The lowest BCUT2D eigenvalue weighted by molar-refractivity contribution is -0.126. The van der Waals surface area contributed by atoms with Crippen LogP contribution in [0.3, 0.4) is 0 Å². The van der Waals surface area contributed by atoms with Crippen molar-refractivity contribution in [3.05, 3.63) is 12.4 Å². The summed E-state index contributed by atoms with van der Waals surface area (Å²) in [6.45, 7) is 3.21. The van der Waals surface area contributed by atoms with Crippen molar-refractivity contribution in [3.63, 3.8) is 0 Å². The van der Waals surface area contributed by atoms with Gasteiger partial charge < -0.3 is 10.2 Å². The topological polar surface area (TPSA) is 67.2 Å². The van der Waals surface area contributed by atoms with Crippen molar-refractivity contribution in [3.8, 4) is 0 Å². The summed E-state index contributed by atoms with van der Waals surface area (Å²) in [4.78, 5) is 25.5. The van der Waals surface area contributed by atoms with Crippen LogP contribution in [0.5, 0.6) is 0 Å². The van der Waals surface area contributed by atoms with Gasteiger partial charge in [0.15, 0.2) is 0 Å². The first-order valence-electron chi connectivity index (χ1n) is 6.68. The summed E-state index contributed by atoms with van der Waals surface area (Å²) in [5, 5.41) is 6.93. The van der Waals surface area contributed by atoms with Crippen LogP contribution in [-0.4, -0.2) is 34.7 Å².